The molecule has 23 heavy (non-hydrogen) atoms. The summed E-state index contributed by atoms with van der Waals surface area (Å²) >= 11 is 0. The third-order valence-corrected chi connectivity index (χ3v) is 4.04. The highest BCUT2D eigenvalue weighted by Gasteiger charge is 2.18. The first-order chi connectivity index (χ1) is 11.1. The SMILES string of the molecule is COCCNC(=O)[C@@H](C)OC(=O)Cc1ccc2c(c1)CCCC2. The predicted octanol–water partition coefficient (Wildman–Crippen LogP) is 1.80. The Labute approximate surface area is 137 Å². The van der Waals surface area contributed by atoms with Crippen LogP contribution in [0.25, 0.3) is 0 Å². The van der Waals surface area contributed by atoms with Crippen LogP contribution in [0.15, 0.2) is 18.2 Å². The van der Waals surface area contributed by atoms with E-state index in [2.05, 4.69) is 17.4 Å². The van der Waals surface area contributed by atoms with Crippen molar-refractivity contribution in [3.8, 4) is 0 Å². The molecular weight excluding hydrogens is 294 g/mol. The van der Waals surface area contributed by atoms with Gasteiger partial charge in [0.05, 0.1) is 13.0 Å². The highest BCUT2D eigenvalue weighted by Crippen LogP contribution is 2.22. The molecule has 0 fully saturated rings. The van der Waals surface area contributed by atoms with E-state index in [1.54, 1.807) is 14.0 Å². The molecule has 0 aliphatic heterocycles. The first-order valence-electron chi connectivity index (χ1n) is 8.17. The van der Waals surface area contributed by atoms with E-state index in [1.165, 1.54) is 24.0 Å². The van der Waals surface area contributed by atoms with Crippen molar-refractivity contribution >= 4 is 11.9 Å². The van der Waals surface area contributed by atoms with E-state index in [9.17, 15) is 9.59 Å². The number of amides is 1. The largest absolute Gasteiger partial charge is 0.452 e. The van der Waals surface area contributed by atoms with E-state index >= 15 is 0 Å². The van der Waals surface area contributed by atoms with Gasteiger partial charge in [-0.25, -0.2) is 0 Å². The zero-order valence-electron chi connectivity index (χ0n) is 13.9. The highest BCUT2D eigenvalue weighted by atomic mass is 16.5. The second-order valence-corrected chi connectivity index (χ2v) is 5.90. The van der Waals surface area contributed by atoms with Crippen LogP contribution in [0.5, 0.6) is 0 Å². The minimum atomic E-state index is -0.794. The van der Waals surface area contributed by atoms with Crippen LogP contribution in [0.2, 0.25) is 0 Å². The number of carbonyl (C=O) groups is 2. The molecule has 1 aliphatic rings. The molecule has 126 valence electrons. The standard InChI is InChI=1S/C18H25NO4/c1-13(18(21)19-9-10-22-2)23-17(20)12-14-7-8-15-5-3-4-6-16(15)11-14/h7-8,11,13H,3-6,9-10,12H2,1-2H3,(H,19,21)/t13-/m1/s1. The average molecular weight is 319 g/mol. The van der Waals surface area contributed by atoms with Gasteiger partial charge in [0.1, 0.15) is 0 Å². The van der Waals surface area contributed by atoms with Gasteiger partial charge in [-0.2, -0.15) is 0 Å². The van der Waals surface area contributed by atoms with Gasteiger partial charge in [0, 0.05) is 13.7 Å². The van der Waals surface area contributed by atoms with Crippen LogP contribution in [0.4, 0.5) is 0 Å². The fraction of sp³-hybridized carbons (Fsp3) is 0.556. The maximum atomic E-state index is 12.0. The minimum Gasteiger partial charge on any atom is -0.452 e. The third-order valence-electron chi connectivity index (χ3n) is 4.04. The number of hydrogen-bond acceptors (Lipinski definition) is 4. The molecule has 1 aromatic rings. The van der Waals surface area contributed by atoms with Gasteiger partial charge in [-0.05, 0) is 49.3 Å². The lowest BCUT2D eigenvalue weighted by atomic mass is 9.90. The molecule has 1 aromatic carbocycles. The summed E-state index contributed by atoms with van der Waals surface area (Å²) in [5.74, 6) is -0.684. The Bertz CT molecular complexity index is 556. The lowest BCUT2D eigenvalue weighted by Gasteiger charge is -2.17. The zero-order chi connectivity index (χ0) is 16.7. The summed E-state index contributed by atoms with van der Waals surface area (Å²) in [6.45, 7) is 2.41. The molecule has 0 saturated heterocycles. The van der Waals surface area contributed by atoms with Crippen molar-refractivity contribution in [1.29, 1.82) is 0 Å². The van der Waals surface area contributed by atoms with Crippen LogP contribution >= 0.6 is 0 Å². The molecule has 1 N–H and O–H groups in total. The lowest BCUT2D eigenvalue weighted by Crippen LogP contribution is -2.37. The first-order valence-corrected chi connectivity index (χ1v) is 8.17. The van der Waals surface area contributed by atoms with Crippen LogP contribution in [0.1, 0.15) is 36.5 Å². The Hall–Kier alpha value is -1.88. The maximum absolute atomic E-state index is 12.0. The van der Waals surface area contributed by atoms with Gasteiger partial charge >= 0.3 is 5.97 Å². The van der Waals surface area contributed by atoms with E-state index in [-0.39, 0.29) is 18.3 Å². The first kappa shape index (κ1) is 17.5. The van der Waals surface area contributed by atoms with E-state index in [0.717, 1.165) is 18.4 Å². The van der Waals surface area contributed by atoms with Crippen LogP contribution in [0, 0.1) is 0 Å². The van der Waals surface area contributed by atoms with Gasteiger partial charge in [0.2, 0.25) is 0 Å². The minimum absolute atomic E-state index is 0.197. The summed E-state index contributed by atoms with van der Waals surface area (Å²) in [5.41, 5.74) is 3.67. The van der Waals surface area contributed by atoms with Gasteiger partial charge < -0.3 is 14.8 Å². The Morgan fingerprint density at radius 1 is 1.22 bits per heavy atom. The summed E-state index contributed by atoms with van der Waals surface area (Å²) in [6.07, 6.45) is 4.05. The van der Waals surface area contributed by atoms with Crippen molar-refractivity contribution in [3.63, 3.8) is 0 Å². The van der Waals surface area contributed by atoms with E-state index in [0.29, 0.717) is 13.2 Å². The quantitative estimate of drug-likeness (QED) is 0.615. The van der Waals surface area contributed by atoms with Gasteiger partial charge in [-0.1, -0.05) is 18.2 Å². The Kier molecular flexibility index (Phi) is 6.59. The normalized spacial score (nSPS) is 14.7. The van der Waals surface area contributed by atoms with E-state index in [1.807, 2.05) is 6.07 Å². The van der Waals surface area contributed by atoms with Gasteiger partial charge in [-0.15, -0.1) is 0 Å². The summed E-state index contributed by atoms with van der Waals surface area (Å²) in [6, 6.07) is 6.19. The van der Waals surface area contributed by atoms with Gasteiger partial charge in [-0.3, -0.25) is 9.59 Å². The predicted molar refractivity (Wildman–Crippen MR) is 87.2 cm³/mol. The monoisotopic (exact) mass is 319 g/mol. The molecule has 0 radical (unpaired) electrons. The average Bonchev–Trinajstić information content (AvgIpc) is 2.54. The Morgan fingerprint density at radius 3 is 2.70 bits per heavy atom. The Balaban J connectivity index is 1.83. The number of methoxy groups -OCH3 is 1. The number of esters is 1. The van der Waals surface area contributed by atoms with Crippen molar-refractivity contribution in [2.45, 2.75) is 45.1 Å². The lowest BCUT2D eigenvalue weighted by molar-refractivity contribution is -0.154. The number of benzene rings is 1. The number of rotatable bonds is 7. The maximum Gasteiger partial charge on any atom is 0.311 e. The molecule has 1 aliphatic carbocycles. The number of fused-ring (bicyclic) bond motifs is 1. The molecule has 0 spiro atoms. The molecular formula is C18H25NO4. The zero-order valence-corrected chi connectivity index (χ0v) is 13.9. The van der Waals surface area contributed by atoms with Gasteiger partial charge in [0.15, 0.2) is 6.10 Å². The number of aryl methyl sites for hydroxylation is 2. The summed E-state index contributed by atoms with van der Waals surface area (Å²) < 4.78 is 10.1. The molecule has 0 saturated carbocycles. The van der Waals surface area contributed by atoms with Crippen LogP contribution in [0.3, 0.4) is 0 Å². The molecule has 5 heteroatoms. The summed E-state index contributed by atoms with van der Waals surface area (Å²) in [5, 5.41) is 2.65. The molecule has 1 amide bonds. The number of ether oxygens (including phenoxy) is 2. The molecule has 0 aromatic heterocycles. The number of carbonyl (C=O) groups excluding carboxylic acids is 2. The smallest absolute Gasteiger partial charge is 0.311 e. The summed E-state index contributed by atoms with van der Waals surface area (Å²) in [7, 11) is 1.56. The topological polar surface area (TPSA) is 64.6 Å². The van der Waals surface area contributed by atoms with Crippen molar-refractivity contribution < 1.29 is 19.1 Å². The molecule has 5 nitrogen and oxygen atoms in total. The molecule has 0 bridgehead atoms. The van der Waals surface area contributed by atoms with Crippen molar-refractivity contribution in [3.05, 3.63) is 34.9 Å². The molecule has 0 unspecified atom stereocenters. The fourth-order valence-electron chi connectivity index (χ4n) is 2.78. The second-order valence-electron chi connectivity index (χ2n) is 5.90. The molecule has 1 atom stereocenters. The summed E-state index contributed by atoms with van der Waals surface area (Å²) in [4.78, 5) is 23.8. The van der Waals surface area contributed by atoms with Crippen LogP contribution in [-0.2, 0) is 38.3 Å². The fourth-order valence-corrected chi connectivity index (χ4v) is 2.78. The number of nitrogens with one attached hydrogen (secondary N) is 1. The van der Waals surface area contributed by atoms with Crippen molar-refractivity contribution in [1.82, 2.24) is 5.32 Å². The number of hydrogen-bond donors (Lipinski definition) is 1. The molecule has 0 heterocycles. The molecule has 2 rings (SSSR count). The van der Waals surface area contributed by atoms with Crippen molar-refractivity contribution in [2.75, 3.05) is 20.3 Å². The van der Waals surface area contributed by atoms with Crippen molar-refractivity contribution in [2.24, 2.45) is 0 Å². The van der Waals surface area contributed by atoms with Crippen LogP contribution in [-0.4, -0.2) is 38.2 Å². The Morgan fingerprint density at radius 2 is 1.96 bits per heavy atom. The van der Waals surface area contributed by atoms with Gasteiger partial charge in [0.25, 0.3) is 5.91 Å². The highest BCUT2D eigenvalue weighted by molar-refractivity contribution is 5.83. The second kappa shape index (κ2) is 8.67. The third kappa shape index (κ3) is 5.36. The van der Waals surface area contributed by atoms with E-state index in [4.69, 9.17) is 9.47 Å². The van der Waals surface area contributed by atoms with Crippen LogP contribution < -0.4 is 5.32 Å². The van der Waals surface area contributed by atoms with E-state index < -0.39 is 6.10 Å².